The van der Waals surface area contributed by atoms with E-state index in [-0.39, 0.29) is 36.6 Å². The second-order valence-electron chi connectivity index (χ2n) is 6.46. The lowest BCUT2D eigenvalue weighted by Crippen LogP contribution is -2.33. The zero-order valence-electron chi connectivity index (χ0n) is 15.3. The van der Waals surface area contributed by atoms with Crippen LogP contribution in [0.5, 0.6) is 0 Å². The van der Waals surface area contributed by atoms with E-state index in [1.165, 1.54) is 15.8 Å². The third kappa shape index (κ3) is 4.29. The highest BCUT2D eigenvalue weighted by Gasteiger charge is 2.18. The van der Waals surface area contributed by atoms with Gasteiger partial charge in [-0.2, -0.15) is 0 Å². The molecule has 3 N–H and O–H groups in total. The van der Waals surface area contributed by atoms with Crippen LogP contribution in [0.4, 0.5) is 0 Å². The number of fused-ring (bicyclic) bond motifs is 1. The van der Waals surface area contributed by atoms with Crippen molar-refractivity contribution in [2.75, 3.05) is 20.6 Å². The summed E-state index contributed by atoms with van der Waals surface area (Å²) in [6.07, 6.45) is 1.45. The van der Waals surface area contributed by atoms with Crippen LogP contribution in [0.3, 0.4) is 0 Å². The average molecular weight is 366 g/mol. The van der Waals surface area contributed by atoms with Crippen molar-refractivity contribution >= 4 is 22.6 Å². The van der Waals surface area contributed by atoms with Crippen LogP contribution in [0.15, 0.2) is 48.7 Å². The Balaban J connectivity index is 1.73. The molecule has 3 aromatic rings. The molecular formula is C19H22N6O2. The summed E-state index contributed by atoms with van der Waals surface area (Å²) in [5.41, 5.74) is 6.93. The summed E-state index contributed by atoms with van der Waals surface area (Å²) >= 11 is 0. The van der Waals surface area contributed by atoms with Crippen molar-refractivity contribution in [1.82, 2.24) is 25.2 Å². The Labute approximate surface area is 156 Å². The van der Waals surface area contributed by atoms with Crippen molar-refractivity contribution in [2.24, 2.45) is 5.73 Å². The molecule has 0 radical (unpaired) electrons. The van der Waals surface area contributed by atoms with E-state index in [9.17, 15) is 9.59 Å². The second kappa shape index (κ2) is 7.96. The lowest BCUT2D eigenvalue weighted by molar-refractivity contribution is -0.129. The Hall–Kier alpha value is -3.26. The topological polar surface area (TPSA) is 106 Å². The number of rotatable bonds is 6. The minimum absolute atomic E-state index is 0.0261. The van der Waals surface area contributed by atoms with E-state index in [1.807, 2.05) is 42.5 Å². The van der Waals surface area contributed by atoms with E-state index in [4.69, 9.17) is 5.73 Å². The van der Waals surface area contributed by atoms with Gasteiger partial charge in [-0.05, 0) is 22.4 Å². The van der Waals surface area contributed by atoms with Gasteiger partial charge < -0.3 is 16.0 Å². The number of hydrogen-bond donors (Lipinski definition) is 2. The molecule has 2 amide bonds. The Morgan fingerprint density at radius 1 is 1.19 bits per heavy atom. The number of carbonyl (C=O) groups excluding carboxylic acids is 2. The number of nitrogens with one attached hydrogen (secondary N) is 1. The first-order chi connectivity index (χ1) is 13.0. The molecule has 0 aliphatic carbocycles. The Morgan fingerprint density at radius 2 is 1.93 bits per heavy atom. The summed E-state index contributed by atoms with van der Waals surface area (Å²) in [7, 11) is 3.31. The molecule has 8 nitrogen and oxygen atoms in total. The maximum atomic E-state index is 12.5. The number of benzene rings is 2. The van der Waals surface area contributed by atoms with Gasteiger partial charge >= 0.3 is 0 Å². The predicted octanol–water partition coefficient (Wildman–Crippen LogP) is 0.949. The van der Waals surface area contributed by atoms with E-state index in [0.717, 1.165) is 16.3 Å². The van der Waals surface area contributed by atoms with Crippen molar-refractivity contribution in [3.8, 4) is 0 Å². The SMILES string of the molecule is CN(C)C(=O)Cn1cc(C(=O)NC(CN)c2ccc3ccccc3c2)nn1. The monoisotopic (exact) mass is 366 g/mol. The normalized spacial score (nSPS) is 12.0. The number of nitrogens with two attached hydrogens (primary N) is 1. The minimum Gasteiger partial charge on any atom is -0.347 e. The third-order valence-electron chi connectivity index (χ3n) is 4.28. The number of nitrogens with zero attached hydrogens (tertiary/aromatic N) is 4. The zero-order valence-corrected chi connectivity index (χ0v) is 15.3. The van der Waals surface area contributed by atoms with Crippen molar-refractivity contribution in [3.05, 3.63) is 59.9 Å². The van der Waals surface area contributed by atoms with Crippen LogP contribution in [-0.4, -0.2) is 52.3 Å². The fourth-order valence-electron chi connectivity index (χ4n) is 2.69. The van der Waals surface area contributed by atoms with Gasteiger partial charge in [0.2, 0.25) is 5.91 Å². The highest BCUT2D eigenvalue weighted by Crippen LogP contribution is 2.20. The van der Waals surface area contributed by atoms with Crippen LogP contribution in [0.25, 0.3) is 10.8 Å². The van der Waals surface area contributed by atoms with E-state index in [0.29, 0.717) is 0 Å². The quantitative estimate of drug-likeness (QED) is 0.676. The number of carbonyl (C=O) groups is 2. The van der Waals surface area contributed by atoms with Gasteiger partial charge in [0.05, 0.1) is 12.2 Å². The van der Waals surface area contributed by atoms with Crippen LogP contribution in [0.2, 0.25) is 0 Å². The molecule has 1 aromatic heterocycles. The lowest BCUT2D eigenvalue weighted by Gasteiger charge is -2.17. The smallest absolute Gasteiger partial charge is 0.273 e. The van der Waals surface area contributed by atoms with Crippen molar-refractivity contribution in [2.45, 2.75) is 12.6 Å². The van der Waals surface area contributed by atoms with E-state index in [1.54, 1.807) is 14.1 Å². The maximum absolute atomic E-state index is 12.5. The first-order valence-corrected chi connectivity index (χ1v) is 8.58. The molecule has 2 aromatic carbocycles. The number of hydrogen-bond acceptors (Lipinski definition) is 5. The Morgan fingerprint density at radius 3 is 2.63 bits per heavy atom. The van der Waals surface area contributed by atoms with Crippen LogP contribution in [-0.2, 0) is 11.3 Å². The summed E-state index contributed by atoms with van der Waals surface area (Å²) < 4.78 is 1.34. The van der Waals surface area contributed by atoms with Crippen LogP contribution >= 0.6 is 0 Å². The summed E-state index contributed by atoms with van der Waals surface area (Å²) in [4.78, 5) is 25.7. The summed E-state index contributed by atoms with van der Waals surface area (Å²) in [5.74, 6) is -0.523. The Bertz CT molecular complexity index is 965. The lowest BCUT2D eigenvalue weighted by atomic mass is 10.0. The van der Waals surface area contributed by atoms with E-state index >= 15 is 0 Å². The largest absolute Gasteiger partial charge is 0.347 e. The third-order valence-corrected chi connectivity index (χ3v) is 4.28. The fourth-order valence-corrected chi connectivity index (χ4v) is 2.69. The predicted molar refractivity (Wildman–Crippen MR) is 102 cm³/mol. The van der Waals surface area contributed by atoms with Gasteiger partial charge in [-0.3, -0.25) is 9.59 Å². The standard InChI is InChI=1S/C19H22N6O2/c1-24(2)18(26)12-25-11-17(22-23-25)19(27)21-16(10-20)15-8-7-13-5-3-4-6-14(13)9-15/h3-9,11,16H,10,12,20H2,1-2H3,(H,21,27). The molecule has 0 bridgehead atoms. The highest BCUT2D eigenvalue weighted by molar-refractivity contribution is 5.92. The van der Waals surface area contributed by atoms with Crippen LogP contribution in [0, 0.1) is 0 Å². The first-order valence-electron chi connectivity index (χ1n) is 8.58. The average Bonchev–Trinajstić information content (AvgIpc) is 3.14. The number of amides is 2. The molecule has 0 aliphatic rings. The first kappa shape index (κ1) is 18.5. The molecular weight excluding hydrogens is 344 g/mol. The van der Waals surface area contributed by atoms with Crippen molar-refractivity contribution < 1.29 is 9.59 Å². The maximum Gasteiger partial charge on any atom is 0.273 e. The number of likely N-dealkylation sites (N-methyl/N-ethyl adjacent to an activating group) is 1. The van der Waals surface area contributed by atoms with Crippen molar-refractivity contribution in [1.29, 1.82) is 0 Å². The van der Waals surface area contributed by atoms with Gasteiger partial charge in [-0.25, -0.2) is 4.68 Å². The van der Waals surface area contributed by atoms with Crippen LogP contribution < -0.4 is 11.1 Å². The van der Waals surface area contributed by atoms with Gasteiger partial charge in [-0.1, -0.05) is 41.6 Å². The Kier molecular flexibility index (Phi) is 5.46. The van der Waals surface area contributed by atoms with Gasteiger partial charge in [-0.15, -0.1) is 5.10 Å². The van der Waals surface area contributed by atoms with E-state index in [2.05, 4.69) is 15.6 Å². The molecule has 0 saturated heterocycles. The molecule has 1 heterocycles. The zero-order chi connectivity index (χ0) is 19.4. The molecule has 0 fully saturated rings. The fraction of sp³-hybridized carbons (Fsp3) is 0.263. The van der Waals surface area contributed by atoms with Gasteiger partial charge in [0, 0.05) is 20.6 Å². The summed E-state index contributed by atoms with van der Waals surface area (Å²) in [6, 6.07) is 13.6. The molecule has 0 spiro atoms. The molecule has 3 rings (SSSR count). The minimum atomic E-state index is -0.387. The molecule has 140 valence electrons. The molecule has 8 heteroatoms. The summed E-state index contributed by atoms with van der Waals surface area (Å²) in [5, 5.41) is 12.8. The molecule has 0 saturated carbocycles. The molecule has 0 aliphatic heterocycles. The van der Waals surface area contributed by atoms with Crippen LogP contribution in [0.1, 0.15) is 22.1 Å². The molecule has 1 unspecified atom stereocenters. The van der Waals surface area contributed by atoms with Gasteiger partial charge in [0.15, 0.2) is 5.69 Å². The molecule has 27 heavy (non-hydrogen) atoms. The molecule has 1 atom stereocenters. The van der Waals surface area contributed by atoms with E-state index < -0.39 is 0 Å². The summed E-state index contributed by atoms with van der Waals surface area (Å²) in [6.45, 7) is 0.273. The number of aromatic nitrogens is 3. The second-order valence-corrected chi connectivity index (χ2v) is 6.46. The van der Waals surface area contributed by atoms with Crippen molar-refractivity contribution in [3.63, 3.8) is 0 Å². The van der Waals surface area contributed by atoms with Gasteiger partial charge in [0.25, 0.3) is 5.91 Å². The van der Waals surface area contributed by atoms with Gasteiger partial charge in [0.1, 0.15) is 6.54 Å². The highest BCUT2D eigenvalue weighted by atomic mass is 16.2.